The Bertz CT molecular complexity index is 363. The molecule has 2 nitrogen and oxygen atoms in total. The van der Waals surface area contributed by atoms with E-state index in [1.807, 2.05) is 13.0 Å². The minimum atomic E-state index is 0.625. The monoisotopic (exact) mass is 244 g/mol. The van der Waals surface area contributed by atoms with Crippen molar-refractivity contribution in [3.63, 3.8) is 0 Å². The Labute approximate surface area is 83.9 Å². The van der Waals surface area contributed by atoms with Crippen molar-refractivity contribution in [1.29, 1.82) is 0 Å². The number of hydrogen-bond donors (Lipinski definition) is 0. The van der Waals surface area contributed by atoms with Gasteiger partial charge >= 0.3 is 0 Å². The maximum atomic E-state index is 6.01. The van der Waals surface area contributed by atoms with Gasteiger partial charge in [-0.3, -0.25) is 9.98 Å². The van der Waals surface area contributed by atoms with E-state index in [0.29, 0.717) is 11.6 Å². The van der Waals surface area contributed by atoms with E-state index < -0.39 is 0 Å². The largest absolute Gasteiger partial charge is 0.270 e. The highest BCUT2D eigenvalue weighted by molar-refractivity contribution is 9.18. The van der Waals surface area contributed by atoms with Gasteiger partial charge in [-0.25, -0.2) is 0 Å². The van der Waals surface area contributed by atoms with Gasteiger partial charge in [0, 0.05) is 11.3 Å². The molecule has 2 aliphatic heterocycles. The van der Waals surface area contributed by atoms with Gasteiger partial charge in [-0.2, -0.15) is 0 Å². The highest BCUT2D eigenvalue weighted by Gasteiger charge is 2.21. The molecule has 2 rings (SSSR count). The van der Waals surface area contributed by atoms with Crippen LogP contribution in [0.3, 0.4) is 0 Å². The molecule has 0 aromatic heterocycles. The SMILES string of the molecule is CC1=CC2=C(Cl)C(Br)=NCC2=N1. The van der Waals surface area contributed by atoms with E-state index in [-0.39, 0.29) is 0 Å². The number of allylic oxidation sites excluding steroid dienone is 3. The molecule has 0 bridgehead atoms. The maximum Gasteiger partial charge on any atom is 0.120 e. The molecule has 0 unspecified atom stereocenters. The summed E-state index contributed by atoms with van der Waals surface area (Å²) in [7, 11) is 0. The van der Waals surface area contributed by atoms with Crippen molar-refractivity contribution in [3.8, 4) is 0 Å². The van der Waals surface area contributed by atoms with Crippen molar-refractivity contribution in [1.82, 2.24) is 0 Å². The second-order valence-corrected chi connectivity index (χ2v) is 3.81. The quantitative estimate of drug-likeness (QED) is 0.627. The summed E-state index contributed by atoms with van der Waals surface area (Å²) in [6.07, 6.45) is 1.98. The molecule has 0 radical (unpaired) electrons. The number of halogens is 2. The molecular weight excluding hydrogens is 239 g/mol. The molecule has 4 heteroatoms. The van der Waals surface area contributed by atoms with Crippen LogP contribution in [0.2, 0.25) is 0 Å². The van der Waals surface area contributed by atoms with E-state index in [9.17, 15) is 0 Å². The van der Waals surface area contributed by atoms with Crippen LogP contribution >= 0.6 is 27.5 Å². The minimum absolute atomic E-state index is 0.625. The molecule has 2 heterocycles. The summed E-state index contributed by atoms with van der Waals surface area (Å²) < 4.78 is 0.726. The zero-order valence-electron chi connectivity index (χ0n) is 6.43. The van der Waals surface area contributed by atoms with Crippen LogP contribution in [0.1, 0.15) is 6.92 Å². The fourth-order valence-electron chi connectivity index (χ4n) is 1.23. The molecule has 12 heavy (non-hydrogen) atoms. The van der Waals surface area contributed by atoms with Crippen LogP contribution in [0.25, 0.3) is 0 Å². The first kappa shape index (κ1) is 8.20. The van der Waals surface area contributed by atoms with Crippen LogP contribution in [0.5, 0.6) is 0 Å². The molecule has 0 aliphatic carbocycles. The van der Waals surface area contributed by atoms with Crippen LogP contribution in [-0.4, -0.2) is 16.9 Å². The van der Waals surface area contributed by atoms with Gasteiger partial charge in [0.2, 0.25) is 0 Å². The summed E-state index contributed by atoms with van der Waals surface area (Å²) in [5.41, 5.74) is 2.98. The molecule has 2 aliphatic rings. The summed E-state index contributed by atoms with van der Waals surface area (Å²) in [5.74, 6) is 0. The van der Waals surface area contributed by atoms with Gasteiger partial charge in [-0.1, -0.05) is 11.6 Å². The zero-order valence-corrected chi connectivity index (χ0v) is 8.78. The minimum Gasteiger partial charge on any atom is -0.270 e. The van der Waals surface area contributed by atoms with E-state index >= 15 is 0 Å². The summed E-state index contributed by atoms with van der Waals surface area (Å²) in [4.78, 5) is 8.47. The van der Waals surface area contributed by atoms with Crippen molar-refractivity contribution in [3.05, 3.63) is 22.4 Å². The van der Waals surface area contributed by atoms with E-state index in [2.05, 4.69) is 25.9 Å². The van der Waals surface area contributed by atoms with E-state index in [1.54, 1.807) is 0 Å². The van der Waals surface area contributed by atoms with E-state index in [4.69, 9.17) is 11.6 Å². The number of nitrogens with zero attached hydrogens (tertiary/aromatic N) is 2. The molecule has 0 fully saturated rings. The average Bonchev–Trinajstić information content (AvgIpc) is 2.39. The molecule has 0 aromatic carbocycles. The molecule has 0 aromatic rings. The van der Waals surface area contributed by atoms with Crippen LogP contribution in [0.4, 0.5) is 0 Å². The lowest BCUT2D eigenvalue weighted by atomic mass is 10.1. The Balaban J connectivity index is 2.54. The predicted octanol–water partition coefficient (Wildman–Crippen LogP) is 2.64. The first-order valence-electron chi connectivity index (χ1n) is 3.55. The lowest BCUT2D eigenvalue weighted by Crippen LogP contribution is -2.12. The lowest BCUT2D eigenvalue weighted by Gasteiger charge is -2.09. The summed E-state index contributed by atoms with van der Waals surface area (Å²) in [5, 5.41) is 0.664. The number of aliphatic imine (C=N–C) groups is 2. The Kier molecular flexibility index (Phi) is 1.93. The van der Waals surface area contributed by atoms with Gasteiger partial charge in [0.1, 0.15) is 4.62 Å². The second-order valence-electron chi connectivity index (χ2n) is 2.68. The molecule has 0 saturated carbocycles. The van der Waals surface area contributed by atoms with Crippen molar-refractivity contribution in [2.24, 2.45) is 9.98 Å². The summed E-state index contributed by atoms with van der Waals surface area (Å²) in [6, 6.07) is 0. The number of fused-ring (bicyclic) bond motifs is 1. The predicted molar refractivity (Wildman–Crippen MR) is 55.3 cm³/mol. The van der Waals surface area contributed by atoms with Crippen molar-refractivity contribution < 1.29 is 0 Å². The van der Waals surface area contributed by atoms with Gasteiger partial charge < -0.3 is 0 Å². The molecule has 0 spiro atoms. The van der Waals surface area contributed by atoms with Gasteiger partial charge in [-0.05, 0) is 28.9 Å². The second kappa shape index (κ2) is 2.82. The Morgan fingerprint density at radius 2 is 2.33 bits per heavy atom. The lowest BCUT2D eigenvalue weighted by molar-refractivity contribution is 1.26. The summed E-state index contributed by atoms with van der Waals surface area (Å²) in [6.45, 7) is 2.58. The number of rotatable bonds is 0. The fraction of sp³-hybridized carbons (Fsp3) is 0.250. The third kappa shape index (κ3) is 1.17. The summed E-state index contributed by atoms with van der Waals surface area (Å²) >= 11 is 9.30. The molecule has 62 valence electrons. The van der Waals surface area contributed by atoms with Crippen LogP contribution in [0, 0.1) is 0 Å². The van der Waals surface area contributed by atoms with Gasteiger partial charge in [0.15, 0.2) is 0 Å². The molecule has 0 N–H and O–H groups in total. The van der Waals surface area contributed by atoms with Crippen molar-refractivity contribution in [2.45, 2.75) is 6.92 Å². The highest BCUT2D eigenvalue weighted by atomic mass is 79.9. The smallest absolute Gasteiger partial charge is 0.120 e. The Morgan fingerprint density at radius 1 is 1.58 bits per heavy atom. The normalized spacial score (nSPS) is 21.8. The third-order valence-electron chi connectivity index (χ3n) is 1.76. The zero-order chi connectivity index (χ0) is 8.72. The molecule has 0 saturated heterocycles. The Hall–Kier alpha value is -0.410. The first-order chi connectivity index (χ1) is 5.68. The highest BCUT2D eigenvalue weighted by Crippen LogP contribution is 2.27. The maximum absolute atomic E-state index is 6.01. The van der Waals surface area contributed by atoms with Crippen LogP contribution in [-0.2, 0) is 0 Å². The first-order valence-corrected chi connectivity index (χ1v) is 4.72. The van der Waals surface area contributed by atoms with E-state index in [0.717, 1.165) is 21.6 Å². The van der Waals surface area contributed by atoms with Crippen LogP contribution < -0.4 is 0 Å². The van der Waals surface area contributed by atoms with Crippen molar-refractivity contribution in [2.75, 3.05) is 6.54 Å². The fourth-order valence-corrected chi connectivity index (χ4v) is 1.80. The van der Waals surface area contributed by atoms with Crippen LogP contribution in [0.15, 0.2) is 32.4 Å². The molecule has 0 amide bonds. The number of dihydropyridines is 1. The van der Waals surface area contributed by atoms with Gasteiger partial charge in [-0.15, -0.1) is 0 Å². The average molecular weight is 246 g/mol. The number of hydrogen-bond acceptors (Lipinski definition) is 2. The third-order valence-corrected chi connectivity index (χ3v) is 3.02. The van der Waals surface area contributed by atoms with Crippen molar-refractivity contribution >= 4 is 37.9 Å². The standard InChI is InChI=1S/C8H6BrClN2/c1-4-2-5-6(12-4)3-11-8(9)7(5)10/h2H,3H2,1H3. The van der Waals surface area contributed by atoms with Gasteiger partial charge in [0.05, 0.1) is 17.3 Å². The topological polar surface area (TPSA) is 24.7 Å². The Morgan fingerprint density at radius 3 is 3.08 bits per heavy atom. The molecular formula is C8H6BrClN2. The van der Waals surface area contributed by atoms with Gasteiger partial charge in [0.25, 0.3) is 0 Å². The molecule has 0 atom stereocenters. The van der Waals surface area contributed by atoms with E-state index in [1.165, 1.54) is 0 Å².